The van der Waals surface area contributed by atoms with Gasteiger partial charge in [0.15, 0.2) is 11.9 Å². The van der Waals surface area contributed by atoms with Crippen LogP contribution in [0.5, 0.6) is 0 Å². The second-order valence-corrected chi connectivity index (χ2v) is 11.8. The van der Waals surface area contributed by atoms with Gasteiger partial charge in [-0.05, 0) is 36.8 Å². The highest BCUT2D eigenvalue weighted by atomic mass is 16.7. The minimum atomic E-state index is -1.80. The number of aliphatic hydroxyl groups is 5. The summed E-state index contributed by atoms with van der Waals surface area (Å²) in [4.78, 5) is 38.5. The monoisotopic (exact) mass is 552 g/mol. The molecule has 0 aromatic carbocycles. The van der Waals surface area contributed by atoms with E-state index >= 15 is 0 Å². The van der Waals surface area contributed by atoms with Crippen molar-refractivity contribution in [2.24, 2.45) is 22.7 Å². The van der Waals surface area contributed by atoms with Crippen molar-refractivity contribution in [2.75, 3.05) is 6.61 Å². The fourth-order valence-electron chi connectivity index (χ4n) is 7.93. The van der Waals surface area contributed by atoms with Crippen LogP contribution in [0.3, 0.4) is 0 Å². The number of carbonyl (C=O) groups excluding carboxylic acids is 3. The van der Waals surface area contributed by atoms with E-state index in [-0.39, 0.29) is 12.0 Å². The van der Waals surface area contributed by atoms with Crippen molar-refractivity contribution in [3.05, 3.63) is 23.8 Å². The van der Waals surface area contributed by atoms with Crippen molar-refractivity contribution in [1.29, 1.82) is 0 Å². The van der Waals surface area contributed by atoms with Crippen LogP contribution >= 0.6 is 0 Å². The standard InChI is InChI=1S/C26H32O13/c1-24-8-13(10-7-15(28)38-20(10)32)35-21(33)11(24)3-5-25(2)19(24)12-4-6-26(25,23(34)37-12)39-22-18(31)17(30)16(29)14(9-27)36-22/h4,6-7,11-14,16-20,22,27,29-32H,3,5,8-9H2,1-2H3/t11-,12+,13+,14+,16+,17-,18+,19+,20-,22-,24+,25+,26+/m0/s1. The summed E-state index contributed by atoms with van der Waals surface area (Å²) in [5.74, 6) is -3.03. The molecule has 214 valence electrons. The molecule has 13 atom stereocenters. The molecule has 5 N–H and O–H groups in total. The van der Waals surface area contributed by atoms with Gasteiger partial charge in [0, 0.05) is 23.0 Å². The Balaban J connectivity index is 1.37. The van der Waals surface area contributed by atoms with E-state index in [9.17, 15) is 39.9 Å². The third-order valence-corrected chi connectivity index (χ3v) is 9.88. The SMILES string of the molecule is C[C@@]12C[C@H](C3=CC(=O)O[C@@H]3O)OC(=O)[C@@H]1CC[C@]1(C)[C@@H]2[C@H]2C=C[C@@]1(O[C@@H]1O[C@H](CO)[C@@H](O)[C@H](O)[C@H]1O)C(=O)O2. The third kappa shape index (κ3) is 3.54. The largest absolute Gasteiger partial charge is 0.457 e. The van der Waals surface area contributed by atoms with Gasteiger partial charge in [-0.15, -0.1) is 0 Å². The first kappa shape index (κ1) is 26.8. The molecule has 5 aliphatic heterocycles. The molecule has 0 unspecified atom stereocenters. The number of aliphatic hydroxyl groups excluding tert-OH is 5. The highest BCUT2D eigenvalue weighted by molar-refractivity contribution is 5.87. The summed E-state index contributed by atoms with van der Waals surface area (Å²) < 4.78 is 28.1. The fraction of sp³-hybridized carbons (Fsp3) is 0.731. The van der Waals surface area contributed by atoms with Crippen molar-refractivity contribution in [3.8, 4) is 0 Å². The Hall–Kier alpha value is -2.39. The summed E-state index contributed by atoms with van der Waals surface area (Å²) in [6, 6.07) is 0. The Labute approximate surface area is 222 Å². The van der Waals surface area contributed by atoms with Crippen LogP contribution in [0.1, 0.15) is 33.1 Å². The normalized spacial score (nSPS) is 52.4. The van der Waals surface area contributed by atoms with Crippen LogP contribution in [0.15, 0.2) is 23.8 Å². The molecule has 5 heterocycles. The van der Waals surface area contributed by atoms with Gasteiger partial charge in [-0.25, -0.2) is 9.59 Å². The van der Waals surface area contributed by atoms with Gasteiger partial charge in [0.1, 0.15) is 36.6 Å². The highest BCUT2D eigenvalue weighted by Crippen LogP contribution is 2.68. The maximum Gasteiger partial charge on any atom is 0.343 e. The molecule has 13 heteroatoms. The van der Waals surface area contributed by atoms with Crippen LogP contribution in [-0.2, 0) is 38.1 Å². The van der Waals surface area contributed by atoms with E-state index in [2.05, 4.69) is 0 Å². The fourth-order valence-corrected chi connectivity index (χ4v) is 7.93. The van der Waals surface area contributed by atoms with Crippen molar-refractivity contribution in [3.63, 3.8) is 0 Å². The molecule has 4 fully saturated rings. The molecule has 0 spiro atoms. The maximum absolute atomic E-state index is 13.5. The molecule has 2 bridgehead atoms. The number of carbonyl (C=O) groups is 3. The second-order valence-electron chi connectivity index (χ2n) is 11.8. The van der Waals surface area contributed by atoms with Gasteiger partial charge in [-0.1, -0.05) is 13.8 Å². The van der Waals surface area contributed by atoms with Crippen molar-refractivity contribution < 1.29 is 63.6 Å². The summed E-state index contributed by atoms with van der Waals surface area (Å²) in [7, 11) is 0. The van der Waals surface area contributed by atoms with Gasteiger partial charge >= 0.3 is 17.9 Å². The van der Waals surface area contributed by atoms with Crippen LogP contribution in [0.2, 0.25) is 0 Å². The Bertz CT molecular complexity index is 1150. The number of ether oxygens (including phenoxy) is 5. The van der Waals surface area contributed by atoms with Gasteiger partial charge in [0.25, 0.3) is 0 Å². The minimum Gasteiger partial charge on any atom is -0.457 e. The Morgan fingerprint density at radius 2 is 1.77 bits per heavy atom. The third-order valence-electron chi connectivity index (χ3n) is 9.88. The first-order chi connectivity index (χ1) is 18.4. The smallest absolute Gasteiger partial charge is 0.343 e. The van der Waals surface area contributed by atoms with E-state index in [0.717, 1.165) is 6.08 Å². The molecule has 39 heavy (non-hydrogen) atoms. The zero-order valence-electron chi connectivity index (χ0n) is 21.3. The molecule has 13 nitrogen and oxygen atoms in total. The van der Waals surface area contributed by atoms with Crippen LogP contribution in [0, 0.1) is 22.7 Å². The molecular weight excluding hydrogens is 520 g/mol. The summed E-state index contributed by atoms with van der Waals surface area (Å²) in [5, 5.41) is 51.0. The Kier molecular flexibility index (Phi) is 6.05. The molecule has 0 aromatic heterocycles. The molecular formula is C26H32O13. The van der Waals surface area contributed by atoms with E-state index in [4.69, 9.17) is 23.7 Å². The number of esters is 3. The second kappa shape index (κ2) is 8.80. The molecule has 0 radical (unpaired) electrons. The van der Waals surface area contributed by atoms with Gasteiger partial charge in [0.05, 0.1) is 12.5 Å². The van der Waals surface area contributed by atoms with Gasteiger partial charge < -0.3 is 49.2 Å². The van der Waals surface area contributed by atoms with Crippen LogP contribution < -0.4 is 0 Å². The van der Waals surface area contributed by atoms with Crippen LogP contribution in [0.25, 0.3) is 0 Å². The van der Waals surface area contributed by atoms with E-state index in [1.54, 1.807) is 12.2 Å². The van der Waals surface area contributed by atoms with Crippen LogP contribution in [-0.4, -0.2) is 105 Å². The predicted octanol–water partition coefficient (Wildman–Crippen LogP) is -1.81. The Morgan fingerprint density at radius 1 is 1.03 bits per heavy atom. The van der Waals surface area contributed by atoms with Crippen molar-refractivity contribution in [1.82, 2.24) is 0 Å². The highest BCUT2D eigenvalue weighted by Gasteiger charge is 2.74. The summed E-state index contributed by atoms with van der Waals surface area (Å²) in [6.45, 7) is 3.06. The molecule has 1 saturated carbocycles. The lowest BCUT2D eigenvalue weighted by molar-refractivity contribution is -0.350. The molecule has 7 aliphatic rings. The maximum atomic E-state index is 13.5. The van der Waals surface area contributed by atoms with Crippen molar-refractivity contribution in [2.45, 2.75) is 87.9 Å². The Morgan fingerprint density at radius 3 is 2.41 bits per heavy atom. The number of cyclic esters (lactones) is 2. The van der Waals surface area contributed by atoms with E-state index in [1.807, 2.05) is 13.8 Å². The van der Waals surface area contributed by atoms with Gasteiger partial charge in [0.2, 0.25) is 6.29 Å². The summed E-state index contributed by atoms with van der Waals surface area (Å²) in [6.07, 6.45) is -5.88. The molecule has 2 aliphatic carbocycles. The number of rotatable bonds is 4. The predicted molar refractivity (Wildman–Crippen MR) is 124 cm³/mol. The van der Waals surface area contributed by atoms with Crippen LogP contribution in [0.4, 0.5) is 0 Å². The minimum absolute atomic E-state index is 0.140. The molecule has 7 rings (SSSR count). The molecule has 0 amide bonds. The average molecular weight is 553 g/mol. The van der Waals surface area contributed by atoms with E-state index in [1.165, 1.54) is 0 Å². The van der Waals surface area contributed by atoms with Crippen molar-refractivity contribution >= 4 is 17.9 Å². The van der Waals surface area contributed by atoms with E-state index < -0.39 is 102 Å². The molecule has 3 saturated heterocycles. The number of hydrogen-bond donors (Lipinski definition) is 5. The zero-order chi connectivity index (χ0) is 28.1. The number of hydrogen-bond acceptors (Lipinski definition) is 13. The van der Waals surface area contributed by atoms with Gasteiger partial charge in [-0.3, -0.25) is 4.79 Å². The summed E-state index contributed by atoms with van der Waals surface area (Å²) >= 11 is 0. The zero-order valence-corrected chi connectivity index (χ0v) is 21.3. The first-order valence-electron chi connectivity index (χ1n) is 13.1. The quantitative estimate of drug-likeness (QED) is 0.149. The lowest BCUT2D eigenvalue weighted by Gasteiger charge is -2.67. The molecule has 0 aromatic rings. The number of fused-ring (bicyclic) bond motifs is 2. The lowest BCUT2D eigenvalue weighted by atomic mass is 9.42. The van der Waals surface area contributed by atoms with E-state index in [0.29, 0.717) is 12.8 Å². The lowest BCUT2D eigenvalue weighted by Crippen LogP contribution is -2.75. The summed E-state index contributed by atoms with van der Waals surface area (Å²) in [5.41, 5.74) is -3.50. The topological polar surface area (TPSA) is 199 Å². The van der Waals surface area contributed by atoms with Gasteiger partial charge in [-0.2, -0.15) is 0 Å². The first-order valence-corrected chi connectivity index (χ1v) is 13.1. The average Bonchev–Trinajstić information content (AvgIpc) is 3.22.